The first kappa shape index (κ1) is 14.8. The lowest BCUT2D eigenvalue weighted by Gasteiger charge is -2.26. The second-order valence-electron chi connectivity index (χ2n) is 5.65. The van der Waals surface area contributed by atoms with Crippen molar-refractivity contribution in [3.63, 3.8) is 0 Å². The van der Waals surface area contributed by atoms with Gasteiger partial charge < -0.3 is 10.2 Å². The van der Waals surface area contributed by atoms with Gasteiger partial charge in [-0.05, 0) is 37.8 Å². The Labute approximate surface area is 121 Å². The van der Waals surface area contributed by atoms with Crippen LogP contribution in [0, 0.1) is 5.92 Å². The second-order valence-corrected chi connectivity index (χ2v) is 5.65. The van der Waals surface area contributed by atoms with E-state index in [9.17, 15) is 4.79 Å². The standard InChI is InChI=1S/C16H25N3O/c1-3-17-14-9-10-15(18-11-14)16(20)19(2)12-13-7-5-4-6-8-13/h9-11,13,17H,3-8,12H2,1-2H3. The maximum atomic E-state index is 12.3. The van der Waals surface area contributed by atoms with Crippen LogP contribution in [0.4, 0.5) is 5.69 Å². The first-order chi connectivity index (χ1) is 9.70. The molecule has 0 unspecified atom stereocenters. The van der Waals surface area contributed by atoms with Crippen LogP contribution in [0.25, 0.3) is 0 Å². The zero-order valence-corrected chi connectivity index (χ0v) is 12.6. The van der Waals surface area contributed by atoms with Gasteiger partial charge in [-0.2, -0.15) is 0 Å². The van der Waals surface area contributed by atoms with E-state index >= 15 is 0 Å². The first-order valence-electron chi connectivity index (χ1n) is 7.66. The number of aromatic nitrogens is 1. The van der Waals surface area contributed by atoms with E-state index in [1.165, 1.54) is 32.1 Å². The van der Waals surface area contributed by atoms with E-state index in [0.29, 0.717) is 11.6 Å². The predicted octanol–water partition coefficient (Wildman–Crippen LogP) is 3.17. The normalized spacial score (nSPS) is 15.9. The van der Waals surface area contributed by atoms with Gasteiger partial charge in [-0.25, -0.2) is 4.98 Å². The third-order valence-electron chi connectivity index (χ3n) is 3.97. The van der Waals surface area contributed by atoms with E-state index in [-0.39, 0.29) is 5.91 Å². The molecule has 0 atom stereocenters. The molecule has 1 aliphatic carbocycles. The Kier molecular flexibility index (Phi) is 5.39. The van der Waals surface area contributed by atoms with Gasteiger partial charge in [0.25, 0.3) is 5.91 Å². The zero-order chi connectivity index (χ0) is 14.4. The van der Waals surface area contributed by atoms with Crippen molar-refractivity contribution in [3.8, 4) is 0 Å². The fourth-order valence-electron chi connectivity index (χ4n) is 2.86. The summed E-state index contributed by atoms with van der Waals surface area (Å²) in [5.41, 5.74) is 1.49. The van der Waals surface area contributed by atoms with E-state index in [4.69, 9.17) is 0 Å². The topological polar surface area (TPSA) is 45.2 Å². The van der Waals surface area contributed by atoms with Gasteiger partial charge in [0, 0.05) is 20.1 Å². The predicted molar refractivity (Wildman–Crippen MR) is 81.9 cm³/mol. The van der Waals surface area contributed by atoms with Gasteiger partial charge in [-0.1, -0.05) is 19.3 Å². The molecule has 110 valence electrons. The van der Waals surface area contributed by atoms with Crippen LogP contribution < -0.4 is 5.32 Å². The van der Waals surface area contributed by atoms with E-state index in [1.54, 1.807) is 12.3 Å². The van der Waals surface area contributed by atoms with Crippen LogP contribution in [-0.2, 0) is 0 Å². The third kappa shape index (κ3) is 3.95. The molecule has 0 radical (unpaired) electrons. The molecule has 4 heteroatoms. The summed E-state index contributed by atoms with van der Waals surface area (Å²) in [7, 11) is 1.89. The minimum absolute atomic E-state index is 0.0265. The molecule has 20 heavy (non-hydrogen) atoms. The van der Waals surface area contributed by atoms with Crippen LogP contribution >= 0.6 is 0 Å². The number of hydrogen-bond acceptors (Lipinski definition) is 3. The first-order valence-corrected chi connectivity index (χ1v) is 7.66. The fraction of sp³-hybridized carbons (Fsp3) is 0.625. The lowest BCUT2D eigenvalue weighted by atomic mass is 9.89. The number of rotatable bonds is 5. The molecule has 1 amide bonds. The Morgan fingerprint density at radius 3 is 2.70 bits per heavy atom. The van der Waals surface area contributed by atoms with E-state index in [0.717, 1.165) is 18.8 Å². The summed E-state index contributed by atoms with van der Waals surface area (Å²) in [5.74, 6) is 0.692. The average Bonchev–Trinajstić information content (AvgIpc) is 2.48. The summed E-state index contributed by atoms with van der Waals surface area (Å²) >= 11 is 0. The Bertz CT molecular complexity index is 424. The van der Waals surface area contributed by atoms with Crippen LogP contribution in [0.2, 0.25) is 0 Å². The maximum Gasteiger partial charge on any atom is 0.272 e. The van der Waals surface area contributed by atoms with Crippen LogP contribution in [0.1, 0.15) is 49.5 Å². The molecule has 1 aromatic heterocycles. The SMILES string of the molecule is CCNc1ccc(C(=O)N(C)CC2CCCCC2)nc1. The largest absolute Gasteiger partial charge is 0.384 e. The minimum Gasteiger partial charge on any atom is -0.384 e. The molecule has 0 aliphatic heterocycles. The number of carbonyl (C=O) groups is 1. The average molecular weight is 275 g/mol. The van der Waals surface area contributed by atoms with Crippen molar-refractivity contribution < 1.29 is 4.79 Å². The molecule has 1 aromatic rings. The number of nitrogens with zero attached hydrogens (tertiary/aromatic N) is 2. The molecule has 2 rings (SSSR count). The van der Waals surface area contributed by atoms with Crippen molar-refractivity contribution in [2.75, 3.05) is 25.5 Å². The van der Waals surface area contributed by atoms with Crippen LogP contribution in [0.15, 0.2) is 18.3 Å². The summed E-state index contributed by atoms with van der Waals surface area (Å²) in [6, 6.07) is 3.72. The van der Waals surface area contributed by atoms with E-state index < -0.39 is 0 Å². The Morgan fingerprint density at radius 1 is 1.35 bits per heavy atom. The van der Waals surface area contributed by atoms with Crippen molar-refractivity contribution >= 4 is 11.6 Å². The molecule has 1 fully saturated rings. The van der Waals surface area contributed by atoms with Gasteiger partial charge in [0.05, 0.1) is 11.9 Å². The number of carbonyl (C=O) groups excluding carboxylic acids is 1. The molecule has 1 saturated carbocycles. The molecule has 0 aromatic carbocycles. The Balaban J connectivity index is 1.91. The molecule has 1 N–H and O–H groups in total. The van der Waals surface area contributed by atoms with Crippen molar-refractivity contribution in [3.05, 3.63) is 24.0 Å². The molecule has 0 saturated heterocycles. The molecular formula is C16H25N3O. The Hall–Kier alpha value is -1.58. The van der Waals surface area contributed by atoms with Gasteiger partial charge in [0.15, 0.2) is 0 Å². The van der Waals surface area contributed by atoms with Crippen LogP contribution in [-0.4, -0.2) is 35.9 Å². The van der Waals surface area contributed by atoms with Gasteiger partial charge in [-0.15, -0.1) is 0 Å². The summed E-state index contributed by atoms with van der Waals surface area (Å²) in [6.45, 7) is 3.75. The quantitative estimate of drug-likeness (QED) is 0.897. The van der Waals surface area contributed by atoms with Gasteiger partial charge in [-0.3, -0.25) is 4.79 Å². The number of amides is 1. The van der Waals surface area contributed by atoms with Crippen molar-refractivity contribution in [2.45, 2.75) is 39.0 Å². The number of nitrogens with one attached hydrogen (secondary N) is 1. The summed E-state index contributed by atoms with van der Waals surface area (Å²) < 4.78 is 0. The summed E-state index contributed by atoms with van der Waals surface area (Å²) in [6.07, 6.45) is 8.20. The zero-order valence-electron chi connectivity index (χ0n) is 12.6. The number of anilines is 1. The second kappa shape index (κ2) is 7.27. The van der Waals surface area contributed by atoms with Crippen molar-refractivity contribution in [2.24, 2.45) is 5.92 Å². The number of hydrogen-bond donors (Lipinski definition) is 1. The highest BCUT2D eigenvalue weighted by atomic mass is 16.2. The minimum atomic E-state index is 0.0265. The lowest BCUT2D eigenvalue weighted by Crippen LogP contribution is -2.33. The molecule has 1 aliphatic rings. The summed E-state index contributed by atoms with van der Waals surface area (Å²) in [5, 5.41) is 3.18. The fourth-order valence-corrected chi connectivity index (χ4v) is 2.86. The maximum absolute atomic E-state index is 12.3. The monoisotopic (exact) mass is 275 g/mol. The van der Waals surface area contributed by atoms with Gasteiger partial charge in [0.2, 0.25) is 0 Å². The lowest BCUT2D eigenvalue weighted by molar-refractivity contribution is 0.0755. The smallest absolute Gasteiger partial charge is 0.272 e. The highest BCUT2D eigenvalue weighted by Crippen LogP contribution is 2.24. The van der Waals surface area contributed by atoms with E-state index in [2.05, 4.69) is 10.3 Å². The van der Waals surface area contributed by atoms with Gasteiger partial charge >= 0.3 is 0 Å². The number of pyridine rings is 1. The molecule has 0 bridgehead atoms. The molecule has 1 heterocycles. The van der Waals surface area contributed by atoms with Crippen molar-refractivity contribution in [1.82, 2.24) is 9.88 Å². The molecule has 4 nitrogen and oxygen atoms in total. The highest BCUT2D eigenvalue weighted by molar-refractivity contribution is 5.92. The third-order valence-corrected chi connectivity index (χ3v) is 3.97. The summed E-state index contributed by atoms with van der Waals surface area (Å²) in [4.78, 5) is 18.4. The Morgan fingerprint density at radius 2 is 2.10 bits per heavy atom. The van der Waals surface area contributed by atoms with Gasteiger partial charge in [0.1, 0.15) is 5.69 Å². The van der Waals surface area contributed by atoms with E-state index in [1.807, 2.05) is 24.9 Å². The van der Waals surface area contributed by atoms with Crippen LogP contribution in [0.3, 0.4) is 0 Å². The van der Waals surface area contributed by atoms with Crippen LogP contribution in [0.5, 0.6) is 0 Å². The molecule has 0 spiro atoms. The molecular weight excluding hydrogens is 250 g/mol. The van der Waals surface area contributed by atoms with Crippen molar-refractivity contribution in [1.29, 1.82) is 0 Å². The highest BCUT2D eigenvalue weighted by Gasteiger charge is 2.19.